The van der Waals surface area contributed by atoms with E-state index in [1.807, 2.05) is 20.8 Å². The molecule has 0 aliphatic rings. The van der Waals surface area contributed by atoms with Crippen molar-refractivity contribution < 1.29 is 13.5 Å². The highest BCUT2D eigenvalue weighted by atomic mass is 32.2. The molecule has 2 N–H and O–H groups in total. The number of hydrogen-bond acceptors (Lipinski definition) is 4. The van der Waals surface area contributed by atoms with Crippen LogP contribution in [0.2, 0.25) is 0 Å². The van der Waals surface area contributed by atoms with E-state index in [0.717, 1.165) is 12.8 Å². The molecule has 0 rings (SSSR count). The highest BCUT2D eigenvalue weighted by molar-refractivity contribution is 7.91. The molecule has 98 valence electrons. The minimum Gasteiger partial charge on any atom is -0.391 e. The molecule has 0 aromatic carbocycles. The fourth-order valence-electron chi connectivity index (χ4n) is 1.38. The largest absolute Gasteiger partial charge is 0.391 e. The molecule has 0 aliphatic heterocycles. The number of aliphatic hydroxyl groups is 1. The second-order valence-corrected chi connectivity index (χ2v) is 6.77. The number of sulfone groups is 1. The quantitative estimate of drug-likeness (QED) is 0.599. The van der Waals surface area contributed by atoms with E-state index < -0.39 is 15.9 Å². The number of rotatable bonds is 9. The smallest absolute Gasteiger partial charge is 0.152 e. The Balaban J connectivity index is 3.86. The van der Waals surface area contributed by atoms with Crippen molar-refractivity contribution in [3.05, 3.63) is 0 Å². The summed E-state index contributed by atoms with van der Waals surface area (Å²) in [7, 11) is -3.09. The van der Waals surface area contributed by atoms with E-state index in [0.29, 0.717) is 13.0 Å². The SMILES string of the molecule is CCCCCS(=O)(=O)CC(O)CNC(C)C. The van der Waals surface area contributed by atoms with Gasteiger partial charge in [0.25, 0.3) is 0 Å². The lowest BCUT2D eigenvalue weighted by atomic mass is 10.3. The fourth-order valence-corrected chi connectivity index (χ4v) is 2.89. The lowest BCUT2D eigenvalue weighted by Crippen LogP contribution is -2.36. The molecule has 0 bridgehead atoms. The maximum atomic E-state index is 11.6. The normalized spacial score (nSPS) is 14.3. The van der Waals surface area contributed by atoms with Crippen LogP contribution in [0.15, 0.2) is 0 Å². The van der Waals surface area contributed by atoms with Crippen LogP contribution in [-0.2, 0) is 9.84 Å². The van der Waals surface area contributed by atoms with Crippen LogP contribution in [0.1, 0.15) is 40.0 Å². The first-order valence-corrected chi connectivity index (χ1v) is 7.81. The van der Waals surface area contributed by atoms with Crippen LogP contribution < -0.4 is 5.32 Å². The first kappa shape index (κ1) is 15.9. The summed E-state index contributed by atoms with van der Waals surface area (Å²) in [5, 5.41) is 12.6. The Morgan fingerprint density at radius 1 is 1.25 bits per heavy atom. The Hall–Kier alpha value is -0.130. The highest BCUT2D eigenvalue weighted by Crippen LogP contribution is 2.02. The van der Waals surface area contributed by atoms with Crippen LogP contribution in [0, 0.1) is 0 Å². The molecule has 0 spiro atoms. The summed E-state index contributed by atoms with van der Waals surface area (Å²) in [6.07, 6.45) is 1.84. The molecule has 1 atom stereocenters. The standard InChI is InChI=1S/C11H25NO3S/c1-4-5-6-7-16(14,15)9-11(13)8-12-10(2)3/h10-13H,4-9H2,1-3H3. The van der Waals surface area contributed by atoms with Gasteiger partial charge in [0.2, 0.25) is 0 Å². The molecule has 1 unspecified atom stereocenters. The maximum Gasteiger partial charge on any atom is 0.152 e. The van der Waals surface area contributed by atoms with Crippen LogP contribution in [0.25, 0.3) is 0 Å². The van der Waals surface area contributed by atoms with Gasteiger partial charge in [0.05, 0.1) is 17.6 Å². The van der Waals surface area contributed by atoms with E-state index in [1.165, 1.54) is 0 Å². The summed E-state index contributed by atoms with van der Waals surface area (Å²) in [5.74, 6) is 0.0655. The molecule has 5 heteroatoms. The van der Waals surface area contributed by atoms with E-state index in [9.17, 15) is 13.5 Å². The lowest BCUT2D eigenvalue weighted by molar-refractivity contribution is 0.190. The van der Waals surface area contributed by atoms with Crippen molar-refractivity contribution in [1.82, 2.24) is 5.32 Å². The van der Waals surface area contributed by atoms with E-state index >= 15 is 0 Å². The van der Waals surface area contributed by atoms with Gasteiger partial charge < -0.3 is 10.4 Å². The third kappa shape index (κ3) is 9.12. The predicted molar refractivity (Wildman–Crippen MR) is 67.3 cm³/mol. The Labute approximate surface area is 99.4 Å². The van der Waals surface area contributed by atoms with Gasteiger partial charge in [-0.1, -0.05) is 33.6 Å². The molecule has 0 aliphatic carbocycles. The summed E-state index contributed by atoms with van der Waals surface area (Å²) in [4.78, 5) is 0. The summed E-state index contributed by atoms with van der Waals surface area (Å²) < 4.78 is 23.1. The van der Waals surface area contributed by atoms with Gasteiger partial charge in [-0.25, -0.2) is 8.42 Å². The van der Waals surface area contributed by atoms with E-state index in [-0.39, 0.29) is 17.5 Å². The van der Waals surface area contributed by atoms with Crippen molar-refractivity contribution in [3.63, 3.8) is 0 Å². The van der Waals surface area contributed by atoms with Gasteiger partial charge in [0, 0.05) is 12.6 Å². The Morgan fingerprint density at radius 3 is 2.38 bits per heavy atom. The maximum absolute atomic E-state index is 11.6. The molecule has 4 nitrogen and oxygen atoms in total. The second-order valence-electron chi connectivity index (χ2n) is 4.54. The minimum absolute atomic E-state index is 0.129. The second kappa shape index (κ2) is 8.03. The van der Waals surface area contributed by atoms with E-state index in [2.05, 4.69) is 5.32 Å². The van der Waals surface area contributed by atoms with Gasteiger partial charge in [-0.15, -0.1) is 0 Å². The molecule has 0 aromatic rings. The van der Waals surface area contributed by atoms with Crippen molar-refractivity contribution in [3.8, 4) is 0 Å². The van der Waals surface area contributed by atoms with Crippen molar-refractivity contribution in [2.75, 3.05) is 18.1 Å². The number of aliphatic hydroxyl groups excluding tert-OH is 1. The predicted octanol–water partition coefficient (Wildman–Crippen LogP) is 0.950. The third-order valence-electron chi connectivity index (χ3n) is 2.27. The molecule has 0 amide bonds. The summed E-state index contributed by atoms with van der Waals surface area (Å²) >= 11 is 0. The topological polar surface area (TPSA) is 66.4 Å². The number of unbranched alkanes of at least 4 members (excludes halogenated alkanes) is 2. The molecule has 0 aromatic heterocycles. The Kier molecular flexibility index (Phi) is 7.97. The molecule has 16 heavy (non-hydrogen) atoms. The highest BCUT2D eigenvalue weighted by Gasteiger charge is 2.16. The van der Waals surface area contributed by atoms with Crippen LogP contribution in [-0.4, -0.2) is 43.7 Å². The van der Waals surface area contributed by atoms with Gasteiger partial charge in [-0.05, 0) is 6.42 Å². The van der Waals surface area contributed by atoms with Crippen molar-refractivity contribution in [1.29, 1.82) is 0 Å². The van der Waals surface area contributed by atoms with Crippen LogP contribution >= 0.6 is 0 Å². The summed E-state index contributed by atoms with van der Waals surface area (Å²) in [6.45, 7) is 6.30. The van der Waals surface area contributed by atoms with Gasteiger partial charge in [-0.2, -0.15) is 0 Å². The van der Waals surface area contributed by atoms with Crippen molar-refractivity contribution >= 4 is 9.84 Å². The minimum atomic E-state index is -3.09. The van der Waals surface area contributed by atoms with Gasteiger partial charge in [0.1, 0.15) is 0 Å². The molecule has 0 saturated heterocycles. The Morgan fingerprint density at radius 2 is 1.88 bits per heavy atom. The average Bonchev–Trinajstić information content (AvgIpc) is 2.14. The third-order valence-corrected chi connectivity index (χ3v) is 4.07. The number of nitrogens with one attached hydrogen (secondary N) is 1. The van der Waals surface area contributed by atoms with Crippen LogP contribution in [0.5, 0.6) is 0 Å². The number of hydrogen-bond donors (Lipinski definition) is 2. The molecule has 0 heterocycles. The monoisotopic (exact) mass is 251 g/mol. The zero-order valence-corrected chi connectivity index (χ0v) is 11.4. The van der Waals surface area contributed by atoms with Crippen molar-refractivity contribution in [2.24, 2.45) is 0 Å². The molecule has 0 saturated carbocycles. The zero-order chi connectivity index (χ0) is 12.6. The van der Waals surface area contributed by atoms with Crippen LogP contribution in [0.4, 0.5) is 0 Å². The molecule has 0 radical (unpaired) electrons. The zero-order valence-electron chi connectivity index (χ0n) is 10.6. The Bertz CT molecular complexity index is 262. The first-order chi connectivity index (χ1) is 7.37. The lowest BCUT2D eigenvalue weighted by Gasteiger charge is -2.14. The van der Waals surface area contributed by atoms with E-state index in [4.69, 9.17) is 0 Å². The molecular formula is C11H25NO3S. The molecular weight excluding hydrogens is 226 g/mol. The van der Waals surface area contributed by atoms with Crippen molar-refractivity contribution in [2.45, 2.75) is 52.2 Å². The summed E-state index contributed by atoms with van der Waals surface area (Å²) in [5.41, 5.74) is 0. The first-order valence-electron chi connectivity index (χ1n) is 5.99. The van der Waals surface area contributed by atoms with Gasteiger partial charge in [-0.3, -0.25) is 0 Å². The van der Waals surface area contributed by atoms with Gasteiger partial charge in [0.15, 0.2) is 9.84 Å². The summed E-state index contributed by atoms with van der Waals surface area (Å²) in [6, 6.07) is 0.262. The fraction of sp³-hybridized carbons (Fsp3) is 1.00. The average molecular weight is 251 g/mol. The molecule has 0 fully saturated rings. The van der Waals surface area contributed by atoms with Crippen LogP contribution in [0.3, 0.4) is 0 Å². The van der Waals surface area contributed by atoms with E-state index in [1.54, 1.807) is 0 Å². The van der Waals surface area contributed by atoms with Gasteiger partial charge >= 0.3 is 0 Å².